The van der Waals surface area contributed by atoms with Crippen molar-refractivity contribution >= 4 is 18.0 Å². The Bertz CT molecular complexity index is 1010. The molecule has 2 unspecified atom stereocenters. The first kappa shape index (κ1) is 22.8. The second-order valence-corrected chi connectivity index (χ2v) is 9.00. The first-order valence-electron chi connectivity index (χ1n) is 11.5. The van der Waals surface area contributed by atoms with E-state index in [4.69, 9.17) is 4.74 Å². The van der Waals surface area contributed by atoms with Gasteiger partial charge >= 0.3 is 12.1 Å². The van der Waals surface area contributed by atoms with Gasteiger partial charge in [0.05, 0.1) is 5.92 Å². The highest BCUT2D eigenvalue weighted by Crippen LogP contribution is 2.44. The van der Waals surface area contributed by atoms with E-state index in [1.54, 1.807) is 4.90 Å². The van der Waals surface area contributed by atoms with E-state index in [2.05, 4.69) is 29.6 Å². The highest BCUT2D eigenvalue weighted by Gasteiger charge is 2.37. The highest BCUT2D eigenvalue weighted by atomic mass is 16.5. The van der Waals surface area contributed by atoms with E-state index < -0.39 is 18.0 Å². The van der Waals surface area contributed by atoms with Gasteiger partial charge < -0.3 is 20.1 Å². The van der Waals surface area contributed by atoms with Crippen LogP contribution in [0.2, 0.25) is 0 Å². The van der Waals surface area contributed by atoms with Crippen LogP contribution >= 0.6 is 0 Å². The molecular weight excluding hydrogens is 420 g/mol. The first-order valence-corrected chi connectivity index (χ1v) is 11.5. The number of amides is 2. The van der Waals surface area contributed by atoms with Crippen LogP contribution in [0.25, 0.3) is 11.1 Å². The number of carboxylic acids is 1. The maximum absolute atomic E-state index is 12.7. The summed E-state index contributed by atoms with van der Waals surface area (Å²) in [4.78, 5) is 38.2. The summed E-state index contributed by atoms with van der Waals surface area (Å²) in [5.41, 5.74) is 4.62. The number of hydrogen-bond acceptors (Lipinski definition) is 4. The number of rotatable bonds is 7. The molecule has 4 rings (SSSR count). The van der Waals surface area contributed by atoms with Crippen LogP contribution in [0, 0.1) is 11.8 Å². The summed E-state index contributed by atoms with van der Waals surface area (Å²) in [5, 5.41) is 12.1. The predicted molar refractivity (Wildman–Crippen MR) is 124 cm³/mol. The Balaban J connectivity index is 1.33. The molecule has 33 heavy (non-hydrogen) atoms. The third kappa shape index (κ3) is 4.72. The number of carboxylic acid groups (broad SMARTS) is 1. The number of carbonyl (C=O) groups is 3. The molecule has 1 aliphatic heterocycles. The van der Waals surface area contributed by atoms with Crippen LogP contribution in [-0.2, 0) is 14.3 Å². The number of likely N-dealkylation sites (tertiary alicyclic amines) is 1. The van der Waals surface area contributed by atoms with Crippen LogP contribution in [0.3, 0.4) is 0 Å². The molecule has 0 saturated carbocycles. The molecule has 2 aromatic rings. The molecule has 3 atom stereocenters. The molecule has 7 nitrogen and oxygen atoms in total. The number of hydrogen-bond donors (Lipinski definition) is 2. The Kier molecular flexibility index (Phi) is 6.67. The van der Waals surface area contributed by atoms with Gasteiger partial charge in [-0.1, -0.05) is 62.4 Å². The summed E-state index contributed by atoms with van der Waals surface area (Å²) < 4.78 is 5.59. The van der Waals surface area contributed by atoms with Crippen LogP contribution in [-0.4, -0.2) is 53.7 Å². The van der Waals surface area contributed by atoms with Crippen LogP contribution in [0.1, 0.15) is 43.7 Å². The third-order valence-corrected chi connectivity index (χ3v) is 6.86. The van der Waals surface area contributed by atoms with Gasteiger partial charge in [-0.3, -0.25) is 9.59 Å². The molecule has 0 bridgehead atoms. The summed E-state index contributed by atoms with van der Waals surface area (Å²) in [6.07, 6.45) is 0.149. The summed E-state index contributed by atoms with van der Waals surface area (Å²) >= 11 is 0. The van der Waals surface area contributed by atoms with Crippen LogP contribution < -0.4 is 5.32 Å². The fourth-order valence-electron chi connectivity index (χ4n) is 4.94. The van der Waals surface area contributed by atoms with Crippen molar-refractivity contribution in [1.82, 2.24) is 10.2 Å². The molecule has 1 aliphatic carbocycles. The molecule has 7 heteroatoms. The molecular formula is C26H30N2O5. The molecule has 0 spiro atoms. The third-order valence-electron chi connectivity index (χ3n) is 6.86. The van der Waals surface area contributed by atoms with Gasteiger partial charge in [-0.05, 0) is 34.6 Å². The van der Waals surface area contributed by atoms with E-state index in [9.17, 15) is 19.5 Å². The predicted octanol–water partition coefficient (Wildman–Crippen LogP) is 3.87. The van der Waals surface area contributed by atoms with E-state index in [0.717, 1.165) is 11.1 Å². The quantitative estimate of drug-likeness (QED) is 0.668. The average molecular weight is 451 g/mol. The molecule has 2 aliphatic rings. The van der Waals surface area contributed by atoms with Crippen molar-refractivity contribution in [3.63, 3.8) is 0 Å². The fraction of sp³-hybridized carbons (Fsp3) is 0.423. The van der Waals surface area contributed by atoms with Gasteiger partial charge in [-0.2, -0.15) is 0 Å². The summed E-state index contributed by atoms with van der Waals surface area (Å²) in [5.74, 6) is -1.66. The normalized spacial score (nSPS) is 20.1. The van der Waals surface area contributed by atoms with E-state index in [1.165, 1.54) is 11.1 Å². The van der Waals surface area contributed by atoms with E-state index >= 15 is 0 Å². The lowest BCUT2D eigenvalue weighted by atomic mass is 9.98. The van der Waals surface area contributed by atoms with Crippen molar-refractivity contribution in [3.8, 4) is 11.1 Å². The molecule has 0 radical (unpaired) electrons. The van der Waals surface area contributed by atoms with Crippen LogP contribution in [0.15, 0.2) is 48.5 Å². The fourth-order valence-corrected chi connectivity index (χ4v) is 4.94. The maximum Gasteiger partial charge on any atom is 0.407 e. The standard InChI is InChI=1S/C26H30N2O5/c1-3-17(12-24(29)28-13-16(2)22(14-28)25(30)31)27-26(32)33-15-23-20-10-6-4-8-18(20)19-9-5-7-11-21(19)23/h4-11,16-17,22-23H,3,12-15H2,1-2H3,(H,27,32)(H,30,31)/t16?,17-,22?/m1/s1. The number of nitrogens with zero attached hydrogens (tertiary/aromatic N) is 1. The molecule has 1 saturated heterocycles. The van der Waals surface area contributed by atoms with Gasteiger partial charge in [0.2, 0.25) is 5.91 Å². The Hall–Kier alpha value is -3.35. The van der Waals surface area contributed by atoms with E-state index in [0.29, 0.717) is 13.0 Å². The number of nitrogens with one attached hydrogen (secondary N) is 1. The molecule has 1 heterocycles. The molecule has 2 N–H and O–H groups in total. The Morgan fingerprint density at radius 1 is 1.06 bits per heavy atom. The zero-order chi connectivity index (χ0) is 23.5. The van der Waals surface area contributed by atoms with Gasteiger partial charge in [0.25, 0.3) is 0 Å². The molecule has 2 amide bonds. The lowest BCUT2D eigenvalue weighted by Crippen LogP contribution is -2.40. The second kappa shape index (κ2) is 9.65. The Morgan fingerprint density at radius 2 is 1.67 bits per heavy atom. The minimum Gasteiger partial charge on any atom is -0.481 e. The van der Waals surface area contributed by atoms with E-state index in [-0.39, 0.29) is 43.4 Å². The molecule has 1 fully saturated rings. The van der Waals surface area contributed by atoms with Gasteiger partial charge in [0.1, 0.15) is 6.61 Å². The monoisotopic (exact) mass is 450 g/mol. The van der Waals surface area contributed by atoms with Crippen LogP contribution in [0.5, 0.6) is 0 Å². The smallest absolute Gasteiger partial charge is 0.407 e. The topological polar surface area (TPSA) is 95.9 Å². The number of ether oxygens (including phenoxy) is 1. The number of carbonyl (C=O) groups excluding carboxylic acids is 2. The van der Waals surface area contributed by atoms with Crippen molar-refractivity contribution in [2.45, 2.75) is 38.6 Å². The molecule has 2 aromatic carbocycles. The van der Waals surface area contributed by atoms with Crippen molar-refractivity contribution in [3.05, 3.63) is 59.7 Å². The Labute approximate surface area is 193 Å². The SMILES string of the molecule is CC[C@H](CC(=O)N1CC(C)C(C(=O)O)C1)NC(=O)OCC1c2ccccc2-c2ccccc21. The largest absolute Gasteiger partial charge is 0.481 e. The van der Waals surface area contributed by atoms with Crippen molar-refractivity contribution in [2.24, 2.45) is 11.8 Å². The van der Waals surface area contributed by atoms with Gasteiger partial charge in [0, 0.05) is 31.5 Å². The summed E-state index contributed by atoms with van der Waals surface area (Å²) in [7, 11) is 0. The zero-order valence-corrected chi connectivity index (χ0v) is 19.0. The van der Waals surface area contributed by atoms with Crippen LogP contribution in [0.4, 0.5) is 4.79 Å². The molecule has 174 valence electrons. The van der Waals surface area contributed by atoms with Gasteiger partial charge in [-0.25, -0.2) is 4.79 Å². The minimum atomic E-state index is -0.874. The van der Waals surface area contributed by atoms with Gasteiger partial charge in [-0.15, -0.1) is 0 Å². The first-order chi connectivity index (χ1) is 15.9. The zero-order valence-electron chi connectivity index (χ0n) is 19.0. The lowest BCUT2D eigenvalue weighted by molar-refractivity contribution is -0.142. The van der Waals surface area contributed by atoms with Crippen molar-refractivity contribution in [1.29, 1.82) is 0 Å². The van der Waals surface area contributed by atoms with Crippen molar-refractivity contribution < 1.29 is 24.2 Å². The number of alkyl carbamates (subject to hydrolysis) is 1. The Morgan fingerprint density at radius 3 is 2.21 bits per heavy atom. The molecule has 0 aromatic heterocycles. The number of aliphatic carboxylic acids is 1. The minimum absolute atomic E-state index is 0.0242. The summed E-state index contributed by atoms with van der Waals surface area (Å²) in [6.45, 7) is 4.61. The number of benzene rings is 2. The highest BCUT2D eigenvalue weighted by molar-refractivity contribution is 5.81. The maximum atomic E-state index is 12.7. The average Bonchev–Trinajstić information content (AvgIpc) is 3.35. The van der Waals surface area contributed by atoms with Crippen molar-refractivity contribution in [2.75, 3.05) is 19.7 Å². The summed E-state index contributed by atoms with van der Waals surface area (Å²) in [6, 6.07) is 15.9. The number of fused-ring (bicyclic) bond motifs is 3. The second-order valence-electron chi connectivity index (χ2n) is 9.00. The van der Waals surface area contributed by atoms with E-state index in [1.807, 2.05) is 38.1 Å². The van der Waals surface area contributed by atoms with Gasteiger partial charge in [0.15, 0.2) is 0 Å². The lowest BCUT2D eigenvalue weighted by Gasteiger charge is -2.22.